The number of carbonyl (C=O) groups is 1. The molecule has 2 N–H and O–H groups in total. The largest absolute Gasteiger partial charge is 0.507 e. The smallest absolute Gasteiger partial charge is 0.344 e. The van der Waals surface area contributed by atoms with Crippen LogP contribution in [0.15, 0.2) is 91.2 Å². The zero-order valence-electron chi connectivity index (χ0n) is 18.3. The quantitative estimate of drug-likeness (QED) is 0.294. The molecule has 0 fully saturated rings. The fraction of sp³-hybridized carbons (Fsp3) is 0.0741. The van der Waals surface area contributed by atoms with E-state index in [0.29, 0.717) is 0 Å². The van der Waals surface area contributed by atoms with Crippen molar-refractivity contribution in [3.63, 3.8) is 0 Å². The summed E-state index contributed by atoms with van der Waals surface area (Å²) in [6, 6.07) is 18.8. The zero-order chi connectivity index (χ0) is 24.7. The normalized spacial score (nSPS) is 12.0. The molecule has 35 heavy (non-hydrogen) atoms. The second-order valence-corrected chi connectivity index (χ2v) is 7.85. The molecule has 0 saturated heterocycles. The number of benzene rings is 3. The van der Waals surface area contributed by atoms with Crippen molar-refractivity contribution in [3.8, 4) is 11.5 Å². The second-order valence-electron chi connectivity index (χ2n) is 7.85. The fourth-order valence-corrected chi connectivity index (χ4v) is 4.21. The summed E-state index contributed by atoms with van der Waals surface area (Å²) in [6.07, 6.45) is 0. The van der Waals surface area contributed by atoms with E-state index in [1.165, 1.54) is 37.4 Å². The maximum atomic E-state index is 13.2. The van der Waals surface area contributed by atoms with Gasteiger partial charge in [-0.1, -0.05) is 42.5 Å². The van der Waals surface area contributed by atoms with Crippen molar-refractivity contribution in [2.75, 3.05) is 7.11 Å². The Morgan fingerprint density at radius 1 is 0.800 bits per heavy atom. The number of methoxy groups -OCH3 is 1. The van der Waals surface area contributed by atoms with Gasteiger partial charge in [0.05, 0.1) is 34.9 Å². The Morgan fingerprint density at radius 2 is 1.49 bits per heavy atom. The van der Waals surface area contributed by atoms with Gasteiger partial charge in [0.1, 0.15) is 11.3 Å². The Balaban J connectivity index is 1.89. The highest BCUT2D eigenvalue weighted by Gasteiger charge is 2.32. The molecule has 1 unspecified atom stereocenters. The van der Waals surface area contributed by atoms with E-state index in [2.05, 4.69) is 0 Å². The molecule has 0 aliphatic heterocycles. The third-order valence-electron chi connectivity index (χ3n) is 5.85. The van der Waals surface area contributed by atoms with Crippen molar-refractivity contribution in [1.29, 1.82) is 0 Å². The third kappa shape index (κ3) is 3.61. The number of hydrogen-bond donors (Lipinski definition) is 2. The van der Waals surface area contributed by atoms with E-state index in [-0.39, 0.29) is 49.9 Å². The Kier molecular flexibility index (Phi) is 5.33. The summed E-state index contributed by atoms with van der Waals surface area (Å²) in [7, 11) is 1.23. The Morgan fingerprint density at radius 3 is 2.23 bits per heavy atom. The lowest BCUT2D eigenvalue weighted by atomic mass is 9.86. The van der Waals surface area contributed by atoms with Gasteiger partial charge < -0.3 is 23.8 Å². The van der Waals surface area contributed by atoms with Gasteiger partial charge in [0.25, 0.3) is 0 Å². The predicted molar refractivity (Wildman–Crippen MR) is 127 cm³/mol. The van der Waals surface area contributed by atoms with E-state index < -0.39 is 28.9 Å². The van der Waals surface area contributed by atoms with Gasteiger partial charge in [-0.2, -0.15) is 0 Å². The number of para-hydroxylation sites is 1. The van der Waals surface area contributed by atoms with E-state index >= 15 is 0 Å². The summed E-state index contributed by atoms with van der Waals surface area (Å²) >= 11 is 0. The van der Waals surface area contributed by atoms with Crippen molar-refractivity contribution in [2.24, 2.45) is 0 Å². The molecule has 0 radical (unpaired) electrons. The van der Waals surface area contributed by atoms with E-state index in [9.17, 15) is 24.6 Å². The van der Waals surface area contributed by atoms with Crippen LogP contribution < -0.4 is 11.3 Å². The number of fused-ring (bicyclic) bond motifs is 2. The van der Waals surface area contributed by atoms with Crippen LogP contribution >= 0.6 is 0 Å². The maximum absolute atomic E-state index is 13.2. The molecule has 8 nitrogen and oxygen atoms in total. The topological polar surface area (TPSA) is 127 Å². The molecule has 0 aliphatic rings. The van der Waals surface area contributed by atoms with Crippen LogP contribution in [-0.2, 0) is 4.74 Å². The molecule has 5 rings (SSSR count). The summed E-state index contributed by atoms with van der Waals surface area (Å²) in [5.74, 6) is -3.00. The Bertz CT molecular complexity index is 1730. The first-order chi connectivity index (χ1) is 16.9. The van der Waals surface area contributed by atoms with Crippen molar-refractivity contribution >= 4 is 27.7 Å². The standard InChI is InChI=1S/C27H18O8/c1-33-25(30)15-8-6-7-14(13-15)20(21-22(28)18-11-4-5-12-19(18)34-27(21)32)24-23(29)16-9-2-3-10-17(16)26(31)35-24/h2-13,20,28-29H,1H3. The molecule has 0 bridgehead atoms. The SMILES string of the molecule is COC(=O)c1cccc(C(c2oc(=O)c3ccccc3c2O)c2c(O)c3ccccc3oc2=O)c1. The fourth-order valence-electron chi connectivity index (χ4n) is 4.21. The average Bonchev–Trinajstić information content (AvgIpc) is 2.88. The summed E-state index contributed by atoms with van der Waals surface area (Å²) in [5, 5.41) is 22.9. The van der Waals surface area contributed by atoms with E-state index in [4.69, 9.17) is 13.6 Å². The minimum Gasteiger partial charge on any atom is -0.507 e. The van der Waals surface area contributed by atoms with Crippen LogP contribution in [0.2, 0.25) is 0 Å². The van der Waals surface area contributed by atoms with E-state index in [0.717, 1.165) is 0 Å². The van der Waals surface area contributed by atoms with Gasteiger partial charge in [0.2, 0.25) is 0 Å². The summed E-state index contributed by atoms with van der Waals surface area (Å²) in [4.78, 5) is 38.2. The van der Waals surface area contributed by atoms with Gasteiger partial charge in [0.15, 0.2) is 11.5 Å². The molecule has 2 heterocycles. The molecule has 5 aromatic rings. The number of hydrogen-bond acceptors (Lipinski definition) is 8. The van der Waals surface area contributed by atoms with Crippen molar-refractivity contribution in [1.82, 2.24) is 0 Å². The zero-order valence-corrected chi connectivity index (χ0v) is 18.3. The first kappa shape index (κ1) is 22.0. The highest BCUT2D eigenvalue weighted by molar-refractivity contribution is 5.90. The molecule has 1 atom stereocenters. The molecule has 0 amide bonds. The van der Waals surface area contributed by atoms with Crippen LogP contribution in [0.3, 0.4) is 0 Å². The number of carbonyl (C=O) groups excluding carboxylic acids is 1. The Labute approximate surface area is 197 Å². The van der Waals surface area contributed by atoms with Crippen molar-refractivity contribution in [3.05, 3.63) is 116 Å². The molecule has 0 saturated carbocycles. The van der Waals surface area contributed by atoms with Gasteiger partial charge in [-0.3, -0.25) is 0 Å². The molecule has 8 heteroatoms. The number of esters is 1. The second kappa shape index (κ2) is 8.49. The minimum atomic E-state index is -1.29. The molecular weight excluding hydrogens is 452 g/mol. The molecule has 3 aromatic carbocycles. The van der Waals surface area contributed by atoms with Crippen molar-refractivity contribution in [2.45, 2.75) is 5.92 Å². The predicted octanol–water partition coefficient (Wildman–Crippen LogP) is 4.28. The van der Waals surface area contributed by atoms with Gasteiger partial charge >= 0.3 is 17.2 Å². The molecule has 0 aliphatic carbocycles. The maximum Gasteiger partial charge on any atom is 0.344 e. The van der Waals surface area contributed by atoms with Crippen LogP contribution in [0.5, 0.6) is 11.5 Å². The summed E-state index contributed by atoms with van der Waals surface area (Å²) < 4.78 is 15.8. The first-order valence-electron chi connectivity index (χ1n) is 10.6. The van der Waals surface area contributed by atoms with Gasteiger partial charge in [-0.15, -0.1) is 0 Å². The minimum absolute atomic E-state index is 0.144. The van der Waals surface area contributed by atoms with Crippen LogP contribution in [0.4, 0.5) is 0 Å². The number of rotatable bonds is 4. The average molecular weight is 470 g/mol. The van der Waals surface area contributed by atoms with Crippen LogP contribution in [0.25, 0.3) is 21.7 Å². The molecule has 2 aromatic heterocycles. The van der Waals surface area contributed by atoms with E-state index in [1.807, 2.05) is 0 Å². The number of ether oxygens (including phenoxy) is 1. The van der Waals surface area contributed by atoms with Gasteiger partial charge in [-0.05, 0) is 35.9 Å². The lowest BCUT2D eigenvalue weighted by Gasteiger charge is -2.19. The van der Waals surface area contributed by atoms with E-state index in [1.54, 1.807) is 42.5 Å². The summed E-state index contributed by atoms with van der Waals surface area (Å²) in [5.41, 5.74) is -1.32. The highest BCUT2D eigenvalue weighted by Crippen LogP contribution is 2.42. The highest BCUT2D eigenvalue weighted by atomic mass is 16.5. The molecule has 0 spiro atoms. The van der Waals surface area contributed by atoms with Crippen LogP contribution in [0.1, 0.15) is 33.2 Å². The summed E-state index contributed by atoms with van der Waals surface area (Å²) in [6.45, 7) is 0. The van der Waals surface area contributed by atoms with Crippen molar-refractivity contribution < 1.29 is 28.6 Å². The Hall–Kier alpha value is -4.85. The first-order valence-corrected chi connectivity index (χ1v) is 10.6. The lowest BCUT2D eigenvalue weighted by molar-refractivity contribution is 0.0600. The molecule has 174 valence electrons. The van der Waals surface area contributed by atoms with Gasteiger partial charge in [0, 0.05) is 5.39 Å². The van der Waals surface area contributed by atoms with Crippen LogP contribution in [0, 0.1) is 0 Å². The number of aromatic hydroxyl groups is 2. The van der Waals surface area contributed by atoms with Gasteiger partial charge in [-0.25, -0.2) is 14.4 Å². The van der Waals surface area contributed by atoms with Crippen LogP contribution in [-0.4, -0.2) is 23.3 Å². The third-order valence-corrected chi connectivity index (χ3v) is 5.85. The monoisotopic (exact) mass is 470 g/mol. The molecular formula is C27H18O8. The lowest BCUT2D eigenvalue weighted by Crippen LogP contribution is -2.18.